The molecule has 110 valence electrons. The summed E-state index contributed by atoms with van der Waals surface area (Å²) in [6, 6.07) is 4.45. The Hall–Kier alpha value is -2.42. The third-order valence-electron chi connectivity index (χ3n) is 2.45. The molecule has 0 bridgehead atoms. The Labute approximate surface area is 123 Å². The van der Waals surface area contributed by atoms with E-state index in [1.165, 1.54) is 17.8 Å². The molecule has 0 saturated heterocycles. The fraction of sp³-hybridized carbons (Fsp3) is 0.167. The number of benzene rings is 1. The molecule has 0 saturated carbocycles. The van der Waals surface area contributed by atoms with Crippen LogP contribution in [-0.2, 0) is 0 Å². The zero-order valence-electron chi connectivity index (χ0n) is 11.2. The predicted molar refractivity (Wildman–Crippen MR) is 76.5 cm³/mol. The molecule has 1 aromatic carbocycles. The molecule has 2 aromatic rings. The lowest BCUT2D eigenvalue weighted by Gasteiger charge is -2.08. The van der Waals surface area contributed by atoms with Gasteiger partial charge in [-0.25, -0.2) is 9.37 Å². The number of rotatable bonds is 5. The second kappa shape index (κ2) is 6.35. The van der Waals surface area contributed by atoms with E-state index in [2.05, 4.69) is 15.3 Å². The van der Waals surface area contributed by atoms with Gasteiger partial charge < -0.3 is 10.1 Å². The number of nitro groups is 1. The number of aromatic nitrogens is 2. The van der Waals surface area contributed by atoms with Crippen LogP contribution in [-0.4, -0.2) is 28.2 Å². The molecule has 21 heavy (non-hydrogen) atoms. The molecule has 0 aliphatic heterocycles. The quantitative estimate of drug-likeness (QED) is 0.393. The van der Waals surface area contributed by atoms with Crippen molar-refractivity contribution in [2.45, 2.75) is 5.16 Å². The van der Waals surface area contributed by atoms with Crippen LogP contribution < -0.4 is 10.1 Å². The van der Waals surface area contributed by atoms with Crippen molar-refractivity contribution in [2.75, 3.05) is 18.6 Å². The molecule has 0 aliphatic rings. The van der Waals surface area contributed by atoms with Crippen LogP contribution in [0, 0.1) is 15.9 Å². The van der Waals surface area contributed by atoms with Gasteiger partial charge in [0.05, 0.1) is 4.92 Å². The molecular weight excluding hydrogens is 299 g/mol. The van der Waals surface area contributed by atoms with Crippen molar-refractivity contribution in [2.24, 2.45) is 0 Å². The Morgan fingerprint density at radius 3 is 2.76 bits per heavy atom. The van der Waals surface area contributed by atoms with Crippen LogP contribution in [0.25, 0.3) is 0 Å². The van der Waals surface area contributed by atoms with Gasteiger partial charge in [-0.05, 0) is 12.3 Å². The molecular formula is C12H11FN4O3S. The fourth-order valence-corrected chi connectivity index (χ4v) is 1.88. The highest BCUT2D eigenvalue weighted by Crippen LogP contribution is 2.32. The predicted octanol–water partition coefficient (Wildman–Crippen LogP) is 3.08. The maximum atomic E-state index is 13.3. The second-order valence-electron chi connectivity index (χ2n) is 3.80. The Morgan fingerprint density at radius 1 is 1.38 bits per heavy atom. The smallest absolute Gasteiger partial charge is 0.311 e. The van der Waals surface area contributed by atoms with Crippen LogP contribution in [0.4, 0.5) is 15.9 Å². The highest BCUT2D eigenvalue weighted by molar-refractivity contribution is 7.98. The highest BCUT2D eigenvalue weighted by Gasteiger charge is 2.18. The molecule has 1 aromatic heterocycles. The normalized spacial score (nSPS) is 10.2. The van der Waals surface area contributed by atoms with Crippen molar-refractivity contribution >= 4 is 23.3 Å². The van der Waals surface area contributed by atoms with Gasteiger partial charge in [0, 0.05) is 25.2 Å². The highest BCUT2D eigenvalue weighted by atomic mass is 32.2. The summed E-state index contributed by atoms with van der Waals surface area (Å²) in [6.45, 7) is 0. The maximum Gasteiger partial charge on any atom is 0.311 e. The summed E-state index contributed by atoms with van der Waals surface area (Å²) in [7, 11) is 1.67. The fourth-order valence-electron chi connectivity index (χ4n) is 1.51. The molecule has 0 atom stereocenters. The van der Waals surface area contributed by atoms with Gasteiger partial charge >= 0.3 is 5.69 Å². The van der Waals surface area contributed by atoms with Crippen molar-refractivity contribution in [1.29, 1.82) is 0 Å². The lowest BCUT2D eigenvalue weighted by atomic mass is 10.3. The van der Waals surface area contributed by atoms with Crippen molar-refractivity contribution in [3.8, 4) is 11.6 Å². The summed E-state index contributed by atoms with van der Waals surface area (Å²) in [5, 5.41) is 14.2. The second-order valence-corrected chi connectivity index (χ2v) is 4.57. The first-order valence-corrected chi connectivity index (χ1v) is 6.98. The molecule has 1 heterocycles. The molecule has 0 amide bonds. The zero-order valence-corrected chi connectivity index (χ0v) is 12.0. The van der Waals surface area contributed by atoms with E-state index in [0.29, 0.717) is 11.0 Å². The first-order valence-electron chi connectivity index (χ1n) is 5.76. The average Bonchev–Trinajstić information content (AvgIpc) is 2.46. The first kappa shape index (κ1) is 15.0. The summed E-state index contributed by atoms with van der Waals surface area (Å²) in [4.78, 5) is 18.5. The Bertz CT molecular complexity index is 661. The minimum Gasteiger partial charge on any atom is -0.431 e. The number of nitrogens with one attached hydrogen (secondary N) is 1. The van der Waals surface area contributed by atoms with Gasteiger partial charge in [-0.2, -0.15) is 4.98 Å². The molecule has 0 fully saturated rings. The number of hydrogen-bond acceptors (Lipinski definition) is 7. The van der Waals surface area contributed by atoms with Gasteiger partial charge in [-0.3, -0.25) is 10.1 Å². The number of halogens is 1. The summed E-state index contributed by atoms with van der Waals surface area (Å²) in [5.41, 5.74) is -0.341. The summed E-state index contributed by atoms with van der Waals surface area (Å²) >= 11 is 1.29. The molecule has 2 rings (SSSR count). The number of thioether (sulfide) groups is 1. The number of hydrogen-bond donors (Lipinski definition) is 1. The number of ether oxygens (including phenoxy) is 1. The number of nitrogens with zero attached hydrogens (tertiary/aromatic N) is 3. The van der Waals surface area contributed by atoms with Gasteiger partial charge in [-0.15, -0.1) is 0 Å². The van der Waals surface area contributed by atoms with Gasteiger partial charge in [0.15, 0.2) is 5.16 Å². The van der Waals surface area contributed by atoms with Crippen LogP contribution in [0.1, 0.15) is 0 Å². The first-order chi connectivity index (χ1) is 10.0. The molecule has 0 unspecified atom stereocenters. The molecule has 1 N–H and O–H groups in total. The van der Waals surface area contributed by atoms with Gasteiger partial charge in [0.25, 0.3) is 0 Å². The monoisotopic (exact) mass is 310 g/mol. The van der Waals surface area contributed by atoms with Crippen molar-refractivity contribution in [3.05, 3.63) is 40.2 Å². The molecule has 9 heteroatoms. The number of anilines is 1. The third kappa shape index (κ3) is 3.57. The van der Waals surface area contributed by atoms with Crippen LogP contribution in [0.2, 0.25) is 0 Å². The van der Waals surface area contributed by atoms with Crippen LogP contribution in [0.15, 0.2) is 29.4 Å². The average molecular weight is 310 g/mol. The van der Waals surface area contributed by atoms with Crippen LogP contribution in [0.3, 0.4) is 0 Å². The van der Waals surface area contributed by atoms with Crippen molar-refractivity contribution < 1.29 is 14.1 Å². The van der Waals surface area contributed by atoms with Gasteiger partial charge in [0.1, 0.15) is 11.6 Å². The van der Waals surface area contributed by atoms with E-state index >= 15 is 0 Å². The lowest BCUT2D eigenvalue weighted by Crippen LogP contribution is -2.00. The van der Waals surface area contributed by atoms with Gasteiger partial charge in [-0.1, -0.05) is 11.8 Å². The van der Waals surface area contributed by atoms with Crippen molar-refractivity contribution in [3.63, 3.8) is 0 Å². The standard InChI is InChI=1S/C12H11FN4O3S/c1-14-10-6-11(16-12(15-10)21-2)20-9-5-7(13)3-4-8(9)17(18)19/h3-6H,1-2H3,(H,14,15,16). The van der Waals surface area contributed by atoms with Crippen LogP contribution in [0.5, 0.6) is 11.6 Å². The summed E-state index contributed by atoms with van der Waals surface area (Å²) in [6.07, 6.45) is 1.78. The lowest BCUT2D eigenvalue weighted by molar-refractivity contribution is -0.385. The van der Waals surface area contributed by atoms with E-state index in [1.54, 1.807) is 13.3 Å². The van der Waals surface area contributed by atoms with E-state index in [0.717, 1.165) is 18.2 Å². The Morgan fingerprint density at radius 2 is 2.14 bits per heavy atom. The Balaban J connectivity index is 2.42. The largest absolute Gasteiger partial charge is 0.431 e. The topological polar surface area (TPSA) is 90.2 Å². The van der Waals surface area contributed by atoms with E-state index in [-0.39, 0.29) is 17.3 Å². The third-order valence-corrected chi connectivity index (χ3v) is 3.00. The van der Waals surface area contributed by atoms with E-state index in [4.69, 9.17) is 4.74 Å². The molecule has 0 spiro atoms. The zero-order chi connectivity index (χ0) is 15.4. The molecule has 7 nitrogen and oxygen atoms in total. The Kier molecular flexibility index (Phi) is 4.53. The number of nitro benzene ring substituents is 1. The maximum absolute atomic E-state index is 13.3. The summed E-state index contributed by atoms with van der Waals surface area (Å²) in [5.74, 6) is -0.271. The minimum absolute atomic E-state index is 0.0902. The van der Waals surface area contributed by atoms with E-state index in [1.807, 2.05) is 0 Å². The molecule has 0 radical (unpaired) electrons. The summed E-state index contributed by atoms with van der Waals surface area (Å²) < 4.78 is 18.6. The van der Waals surface area contributed by atoms with Crippen molar-refractivity contribution in [1.82, 2.24) is 9.97 Å². The van der Waals surface area contributed by atoms with E-state index < -0.39 is 10.7 Å². The molecule has 0 aliphatic carbocycles. The SMILES string of the molecule is CNc1cc(Oc2cc(F)ccc2[N+](=O)[O-])nc(SC)n1. The van der Waals surface area contributed by atoms with Crippen LogP contribution >= 0.6 is 11.8 Å². The minimum atomic E-state index is -0.648. The van der Waals surface area contributed by atoms with E-state index in [9.17, 15) is 14.5 Å². The van der Waals surface area contributed by atoms with Gasteiger partial charge in [0.2, 0.25) is 11.6 Å².